The fourth-order valence-corrected chi connectivity index (χ4v) is 1.84. The number of hydrogen-bond acceptors (Lipinski definition) is 2. The highest BCUT2D eigenvalue weighted by molar-refractivity contribution is 5.26. The minimum atomic E-state index is 0.201. The highest BCUT2D eigenvalue weighted by Crippen LogP contribution is 2.14. The molecule has 0 aliphatic carbocycles. The molecule has 0 amide bonds. The van der Waals surface area contributed by atoms with Crippen LogP contribution >= 0.6 is 0 Å². The maximum atomic E-state index is 8.65. The summed E-state index contributed by atoms with van der Waals surface area (Å²) in [6.45, 7) is 9.17. The number of rotatable bonds is 5. The largest absolute Gasteiger partial charge is 0.395 e. The Hall–Kier alpha value is -0.800. The monoisotopic (exact) mass is 196 g/mol. The van der Waals surface area contributed by atoms with Crippen LogP contribution in [0.5, 0.6) is 0 Å². The minimum Gasteiger partial charge on any atom is -0.395 e. The van der Waals surface area contributed by atoms with Crippen LogP contribution in [0.1, 0.15) is 23.9 Å². The summed E-state index contributed by atoms with van der Waals surface area (Å²) in [5.41, 5.74) is 3.97. The molecule has 0 aromatic carbocycles. The minimum absolute atomic E-state index is 0.201. The maximum Gasteiger partial charge on any atom is 0.0556 e. The molecule has 0 atom stereocenters. The van der Waals surface area contributed by atoms with Crippen LogP contribution in [0.25, 0.3) is 0 Å². The van der Waals surface area contributed by atoms with E-state index in [-0.39, 0.29) is 6.61 Å². The second kappa shape index (κ2) is 5.17. The standard InChI is InChI=1S/C11H20N2O/c1-4-13-9(2)7-11(10(13)3)8-12-5-6-14/h7,12,14H,4-6,8H2,1-3H3. The summed E-state index contributed by atoms with van der Waals surface area (Å²) in [5, 5.41) is 11.8. The van der Waals surface area contributed by atoms with E-state index in [4.69, 9.17) is 5.11 Å². The predicted molar refractivity (Wildman–Crippen MR) is 58.4 cm³/mol. The van der Waals surface area contributed by atoms with Gasteiger partial charge in [0.05, 0.1) is 6.61 Å². The fourth-order valence-electron chi connectivity index (χ4n) is 1.84. The van der Waals surface area contributed by atoms with Crippen molar-refractivity contribution in [1.29, 1.82) is 0 Å². The molecule has 0 unspecified atom stereocenters. The van der Waals surface area contributed by atoms with E-state index in [0.717, 1.165) is 13.1 Å². The van der Waals surface area contributed by atoms with Gasteiger partial charge in [-0.05, 0) is 32.4 Å². The summed E-state index contributed by atoms with van der Waals surface area (Å²) in [5.74, 6) is 0. The van der Waals surface area contributed by atoms with Crippen molar-refractivity contribution in [3.63, 3.8) is 0 Å². The third-order valence-corrected chi connectivity index (χ3v) is 2.60. The van der Waals surface area contributed by atoms with Gasteiger partial charge in [-0.2, -0.15) is 0 Å². The third kappa shape index (κ3) is 2.36. The van der Waals surface area contributed by atoms with E-state index in [1.54, 1.807) is 0 Å². The van der Waals surface area contributed by atoms with Crippen LogP contribution in [0.2, 0.25) is 0 Å². The zero-order valence-electron chi connectivity index (χ0n) is 9.30. The SMILES string of the molecule is CCn1c(C)cc(CNCCO)c1C. The van der Waals surface area contributed by atoms with Crippen LogP contribution in [0, 0.1) is 13.8 Å². The average molecular weight is 196 g/mol. The Morgan fingerprint density at radius 1 is 1.43 bits per heavy atom. The number of aliphatic hydroxyl groups excluding tert-OH is 1. The molecular formula is C11H20N2O. The lowest BCUT2D eigenvalue weighted by atomic mass is 10.2. The Kier molecular flexibility index (Phi) is 4.17. The molecule has 2 N–H and O–H groups in total. The molecule has 0 spiro atoms. The van der Waals surface area contributed by atoms with Gasteiger partial charge in [0.1, 0.15) is 0 Å². The molecule has 80 valence electrons. The fraction of sp³-hybridized carbons (Fsp3) is 0.636. The topological polar surface area (TPSA) is 37.2 Å². The van der Waals surface area contributed by atoms with E-state index in [1.165, 1.54) is 17.0 Å². The van der Waals surface area contributed by atoms with Crippen molar-refractivity contribution in [2.45, 2.75) is 33.9 Å². The van der Waals surface area contributed by atoms with Gasteiger partial charge in [-0.1, -0.05) is 0 Å². The van der Waals surface area contributed by atoms with Crippen LogP contribution in [-0.4, -0.2) is 22.8 Å². The molecule has 1 heterocycles. The summed E-state index contributed by atoms with van der Waals surface area (Å²) in [6, 6.07) is 2.21. The summed E-state index contributed by atoms with van der Waals surface area (Å²) in [6.07, 6.45) is 0. The van der Waals surface area contributed by atoms with Gasteiger partial charge in [0.2, 0.25) is 0 Å². The van der Waals surface area contributed by atoms with E-state index in [2.05, 4.69) is 36.7 Å². The van der Waals surface area contributed by atoms with E-state index >= 15 is 0 Å². The smallest absolute Gasteiger partial charge is 0.0556 e. The van der Waals surface area contributed by atoms with Crippen molar-refractivity contribution in [1.82, 2.24) is 9.88 Å². The second-order valence-electron chi connectivity index (χ2n) is 3.54. The van der Waals surface area contributed by atoms with Gasteiger partial charge in [0, 0.05) is 31.0 Å². The van der Waals surface area contributed by atoms with Gasteiger partial charge in [-0.15, -0.1) is 0 Å². The highest BCUT2D eigenvalue weighted by atomic mass is 16.3. The molecule has 3 heteroatoms. The van der Waals surface area contributed by atoms with Crippen molar-refractivity contribution < 1.29 is 5.11 Å². The quantitative estimate of drug-likeness (QED) is 0.694. The van der Waals surface area contributed by atoms with Gasteiger partial charge >= 0.3 is 0 Å². The summed E-state index contributed by atoms with van der Waals surface area (Å²) >= 11 is 0. The molecule has 0 fully saturated rings. The van der Waals surface area contributed by atoms with Crippen molar-refractivity contribution >= 4 is 0 Å². The summed E-state index contributed by atoms with van der Waals surface area (Å²) < 4.78 is 2.30. The Morgan fingerprint density at radius 2 is 2.14 bits per heavy atom. The molecule has 0 saturated carbocycles. The van der Waals surface area contributed by atoms with Crippen molar-refractivity contribution in [3.8, 4) is 0 Å². The van der Waals surface area contributed by atoms with E-state index in [0.29, 0.717) is 6.54 Å². The Bertz CT molecular complexity index is 292. The molecule has 0 saturated heterocycles. The van der Waals surface area contributed by atoms with Gasteiger partial charge in [0.15, 0.2) is 0 Å². The number of aliphatic hydroxyl groups is 1. The molecule has 1 aromatic heterocycles. The predicted octanol–water partition coefficient (Wildman–Crippen LogP) is 1.21. The van der Waals surface area contributed by atoms with Crippen LogP contribution in [-0.2, 0) is 13.1 Å². The third-order valence-electron chi connectivity index (χ3n) is 2.60. The highest BCUT2D eigenvalue weighted by Gasteiger charge is 2.06. The number of aromatic nitrogens is 1. The zero-order valence-corrected chi connectivity index (χ0v) is 9.30. The number of hydrogen-bond donors (Lipinski definition) is 2. The van der Waals surface area contributed by atoms with Crippen molar-refractivity contribution in [3.05, 3.63) is 23.0 Å². The van der Waals surface area contributed by atoms with Gasteiger partial charge in [-0.3, -0.25) is 0 Å². The first-order valence-electron chi connectivity index (χ1n) is 5.17. The number of aryl methyl sites for hydroxylation is 1. The van der Waals surface area contributed by atoms with E-state index in [9.17, 15) is 0 Å². The van der Waals surface area contributed by atoms with E-state index in [1.807, 2.05) is 0 Å². The zero-order chi connectivity index (χ0) is 10.6. The number of nitrogens with zero attached hydrogens (tertiary/aromatic N) is 1. The molecule has 0 aliphatic rings. The Morgan fingerprint density at radius 3 is 2.64 bits per heavy atom. The van der Waals surface area contributed by atoms with Crippen LogP contribution in [0.15, 0.2) is 6.07 Å². The lowest BCUT2D eigenvalue weighted by Crippen LogP contribution is -2.17. The van der Waals surface area contributed by atoms with Crippen LogP contribution in [0.4, 0.5) is 0 Å². The maximum absolute atomic E-state index is 8.65. The molecule has 14 heavy (non-hydrogen) atoms. The molecule has 0 aliphatic heterocycles. The lowest BCUT2D eigenvalue weighted by Gasteiger charge is -2.06. The first kappa shape index (κ1) is 11.3. The first-order valence-corrected chi connectivity index (χ1v) is 5.17. The van der Waals surface area contributed by atoms with Gasteiger partial charge in [-0.25, -0.2) is 0 Å². The van der Waals surface area contributed by atoms with Crippen LogP contribution in [0.3, 0.4) is 0 Å². The van der Waals surface area contributed by atoms with Gasteiger partial charge < -0.3 is 15.0 Å². The number of nitrogens with one attached hydrogen (secondary N) is 1. The van der Waals surface area contributed by atoms with Crippen molar-refractivity contribution in [2.75, 3.05) is 13.2 Å². The van der Waals surface area contributed by atoms with Gasteiger partial charge in [0.25, 0.3) is 0 Å². The van der Waals surface area contributed by atoms with E-state index < -0.39 is 0 Å². The molecular weight excluding hydrogens is 176 g/mol. The lowest BCUT2D eigenvalue weighted by molar-refractivity contribution is 0.292. The first-order chi connectivity index (χ1) is 6.70. The summed E-state index contributed by atoms with van der Waals surface area (Å²) in [4.78, 5) is 0. The van der Waals surface area contributed by atoms with Crippen LogP contribution < -0.4 is 5.32 Å². The average Bonchev–Trinajstić information content (AvgIpc) is 2.42. The molecule has 3 nitrogen and oxygen atoms in total. The molecule has 0 radical (unpaired) electrons. The summed E-state index contributed by atoms with van der Waals surface area (Å²) in [7, 11) is 0. The molecule has 1 aromatic rings. The second-order valence-corrected chi connectivity index (χ2v) is 3.54. The molecule has 1 rings (SSSR count). The Labute approximate surface area is 85.7 Å². The van der Waals surface area contributed by atoms with Crippen molar-refractivity contribution in [2.24, 2.45) is 0 Å². The Balaban J connectivity index is 2.68. The normalized spacial score (nSPS) is 10.9. The molecule has 0 bridgehead atoms.